The molecule has 7 nitrogen and oxygen atoms in total. The second-order valence-corrected chi connectivity index (χ2v) is 10.1. The molecule has 2 aliphatic rings. The van der Waals surface area contributed by atoms with Crippen molar-refractivity contribution in [3.8, 4) is 0 Å². The highest BCUT2D eigenvalue weighted by Crippen LogP contribution is 2.39. The molecule has 2 saturated heterocycles. The lowest BCUT2D eigenvalue weighted by Gasteiger charge is -2.43. The number of piperidine rings is 1. The molecule has 1 N–H and O–H groups in total. The Kier molecular flexibility index (Phi) is 7.45. The summed E-state index contributed by atoms with van der Waals surface area (Å²) in [5.74, 6) is -0.196. The number of carbonyl (C=O) groups is 3. The van der Waals surface area contributed by atoms with Gasteiger partial charge >= 0.3 is 0 Å². The van der Waals surface area contributed by atoms with Crippen LogP contribution in [0.4, 0.5) is 5.69 Å². The maximum Gasteiger partial charge on any atom is 0.254 e. The van der Waals surface area contributed by atoms with Crippen LogP contribution in [0.25, 0.3) is 0 Å². The summed E-state index contributed by atoms with van der Waals surface area (Å²) < 4.78 is 0. The molecule has 0 bridgehead atoms. The fourth-order valence-electron chi connectivity index (χ4n) is 5.61. The van der Waals surface area contributed by atoms with Crippen molar-refractivity contribution < 1.29 is 14.4 Å². The number of hydrogen-bond acceptors (Lipinski definition) is 4. The summed E-state index contributed by atoms with van der Waals surface area (Å²) in [4.78, 5) is 45.6. The van der Waals surface area contributed by atoms with Gasteiger partial charge in [-0.25, -0.2) is 0 Å². The Bertz CT molecular complexity index is 1290. The second-order valence-electron chi connectivity index (χ2n) is 10.1. The predicted octanol–water partition coefficient (Wildman–Crippen LogP) is 3.64. The topological polar surface area (TPSA) is 73.0 Å². The van der Waals surface area contributed by atoms with Gasteiger partial charge in [0, 0.05) is 30.9 Å². The first-order chi connectivity index (χ1) is 18.5. The molecule has 0 aromatic heterocycles. The summed E-state index contributed by atoms with van der Waals surface area (Å²) >= 11 is 0. The first-order valence-corrected chi connectivity index (χ1v) is 13.3. The van der Waals surface area contributed by atoms with Crippen LogP contribution >= 0.6 is 0 Å². The Labute approximate surface area is 224 Å². The van der Waals surface area contributed by atoms with Gasteiger partial charge in [-0.1, -0.05) is 66.7 Å². The smallest absolute Gasteiger partial charge is 0.254 e. The molecule has 2 fully saturated rings. The van der Waals surface area contributed by atoms with E-state index in [2.05, 4.69) is 10.2 Å². The molecule has 5 rings (SSSR count). The average molecular weight is 511 g/mol. The normalized spacial score (nSPS) is 16.7. The van der Waals surface area contributed by atoms with E-state index in [0.29, 0.717) is 44.7 Å². The number of nitrogens with zero attached hydrogens (tertiary/aromatic N) is 3. The van der Waals surface area contributed by atoms with Gasteiger partial charge in [0.1, 0.15) is 12.1 Å². The third-order valence-electron chi connectivity index (χ3n) is 7.75. The number of amides is 3. The van der Waals surface area contributed by atoms with E-state index in [4.69, 9.17) is 0 Å². The average Bonchev–Trinajstić information content (AvgIpc) is 3.20. The predicted molar refractivity (Wildman–Crippen MR) is 148 cm³/mol. The summed E-state index contributed by atoms with van der Waals surface area (Å²) in [5.41, 5.74) is 2.99. The number of nitrogens with one attached hydrogen (secondary N) is 1. The van der Waals surface area contributed by atoms with E-state index < -0.39 is 5.54 Å². The standard InChI is InChI=1S/C31H34N4O3/c1-24-10-8-9-15-27(24)29(37)33-20-17-31(18-21-33)30(38)34(23-35(31)26-13-6-3-7-14-26)22-28(36)32-19-16-25-11-4-2-5-12-25/h2-15H,16-23H2,1H3,(H,32,36). The molecular formula is C31H34N4O3. The van der Waals surface area contributed by atoms with Crippen molar-refractivity contribution in [2.45, 2.75) is 31.7 Å². The third kappa shape index (κ3) is 5.14. The highest BCUT2D eigenvalue weighted by molar-refractivity contribution is 5.98. The molecule has 1 spiro atoms. The van der Waals surface area contributed by atoms with Crippen molar-refractivity contribution in [1.82, 2.24) is 15.1 Å². The van der Waals surface area contributed by atoms with Crippen LogP contribution in [0.15, 0.2) is 84.9 Å². The molecule has 196 valence electrons. The SMILES string of the molecule is Cc1ccccc1C(=O)N1CCC2(CC1)C(=O)N(CC(=O)NCCc1ccccc1)CN2c1ccccc1. The summed E-state index contributed by atoms with van der Waals surface area (Å²) in [5, 5.41) is 2.97. The van der Waals surface area contributed by atoms with Gasteiger partial charge in [-0.05, 0) is 55.5 Å². The zero-order valence-corrected chi connectivity index (χ0v) is 21.8. The molecule has 0 unspecified atom stereocenters. The van der Waals surface area contributed by atoms with Gasteiger partial charge in [0.2, 0.25) is 5.91 Å². The number of benzene rings is 3. The number of carbonyl (C=O) groups excluding carboxylic acids is 3. The molecule has 3 aromatic carbocycles. The molecule has 38 heavy (non-hydrogen) atoms. The summed E-state index contributed by atoms with van der Waals surface area (Å²) in [6, 6.07) is 27.5. The summed E-state index contributed by atoms with van der Waals surface area (Å²) in [6.07, 6.45) is 1.78. The van der Waals surface area contributed by atoms with Crippen molar-refractivity contribution in [2.24, 2.45) is 0 Å². The van der Waals surface area contributed by atoms with Crippen molar-refractivity contribution in [3.05, 3.63) is 102 Å². The van der Waals surface area contributed by atoms with Gasteiger partial charge in [-0.15, -0.1) is 0 Å². The van der Waals surface area contributed by atoms with Gasteiger partial charge in [-0.2, -0.15) is 0 Å². The highest BCUT2D eigenvalue weighted by atomic mass is 16.2. The van der Waals surface area contributed by atoms with Crippen LogP contribution in [0.1, 0.15) is 34.3 Å². The Morgan fingerprint density at radius 1 is 0.868 bits per heavy atom. The van der Waals surface area contributed by atoms with Crippen molar-refractivity contribution in [1.29, 1.82) is 0 Å². The van der Waals surface area contributed by atoms with E-state index in [-0.39, 0.29) is 24.3 Å². The van der Waals surface area contributed by atoms with Crippen molar-refractivity contribution >= 4 is 23.4 Å². The van der Waals surface area contributed by atoms with Crippen molar-refractivity contribution in [3.63, 3.8) is 0 Å². The van der Waals surface area contributed by atoms with Crippen LogP contribution in [0, 0.1) is 6.92 Å². The molecule has 0 atom stereocenters. The second kappa shape index (κ2) is 11.1. The minimum absolute atomic E-state index is 0.00399. The number of para-hydroxylation sites is 1. The van der Waals surface area contributed by atoms with Crippen LogP contribution in [0.2, 0.25) is 0 Å². The van der Waals surface area contributed by atoms with Crippen LogP contribution in [0.5, 0.6) is 0 Å². The highest BCUT2D eigenvalue weighted by Gasteiger charge is 2.54. The van der Waals surface area contributed by atoms with E-state index in [1.807, 2.05) is 96.8 Å². The molecule has 0 aliphatic carbocycles. The number of anilines is 1. The lowest BCUT2D eigenvalue weighted by Crippen LogP contribution is -2.57. The maximum atomic E-state index is 13.9. The van der Waals surface area contributed by atoms with Gasteiger partial charge < -0.3 is 20.0 Å². The number of aryl methyl sites for hydroxylation is 1. The van der Waals surface area contributed by atoms with Crippen LogP contribution in [0.3, 0.4) is 0 Å². The minimum Gasteiger partial charge on any atom is -0.354 e. The quantitative estimate of drug-likeness (QED) is 0.527. The summed E-state index contributed by atoms with van der Waals surface area (Å²) in [6.45, 7) is 3.80. The monoisotopic (exact) mass is 510 g/mol. The molecular weight excluding hydrogens is 476 g/mol. The molecule has 3 aromatic rings. The molecule has 3 amide bonds. The Morgan fingerprint density at radius 3 is 2.18 bits per heavy atom. The molecule has 2 heterocycles. The van der Waals surface area contributed by atoms with Gasteiger partial charge in [0.15, 0.2) is 0 Å². The number of likely N-dealkylation sites (tertiary alicyclic amines) is 1. The molecule has 2 aliphatic heterocycles. The Morgan fingerprint density at radius 2 is 1.50 bits per heavy atom. The van der Waals surface area contributed by atoms with Gasteiger partial charge in [0.25, 0.3) is 11.8 Å². The first-order valence-electron chi connectivity index (χ1n) is 13.3. The van der Waals surface area contributed by atoms with E-state index in [1.54, 1.807) is 4.90 Å². The lowest BCUT2D eigenvalue weighted by molar-refractivity contribution is -0.137. The summed E-state index contributed by atoms with van der Waals surface area (Å²) in [7, 11) is 0. The van der Waals surface area contributed by atoms with Crippen LogP contribution < -0.4 is 10.2 Å². The van der Waals surface area contributed by atoms with Crippen LogP contribution in [-0.4, -0.2) is 65.9 Å². The van der Waals surface area contributed by atoms with E-state index in [1.165, 1.54) is 0 Å². The zero-order valence-electron chi connectivity index (χ0n) is 21.8. The van der Waals surface area contributed by atoms with E-state index in [9.17, 15) is 14.4 Å². The Hall–Kier alpha value is -4.13. The van der Waals surface area contributed by atoms with E-state index in [0.717, 1.165) is 23.2 Å². The maximum absolute atomic E-state index is 13.9. The number of hydrogen-bond donors (Lipinski definition) is 1. The molecule has 7 heteroatoms. The number of rotatable bonds is 7. The van der Waals surface area contributed by atoms with Gasteiger partial charge in [-0.3, -0.25) is 14.4 Å². The van der Waals surface area contributed by atoms with Gasteiger partial charge in [0.05, 0.1) is 6.67 Å². The van der Waals surface area contributed by atoms with E-state index >= 15 is 0 Å². The zero-order chi connectivity index (χ0) is 26.5. The largest absolute Gasteiger partial charge is 0.354 e. The third-order valence-corrected chi connectivity index (χ3v) is 7.75. The lowest BCUT2D eigenvalue weighted by atomic mass is 9.85. The Balaban J connectivity index is 1.28. The first kappa shape index (κ1) is 25.5. The molecule has 0 radical (unpaired) electrons. The fraction of sp³-hybridized carbons (Fsp3) is 0.323. The van der Waals surface area contributed by atoms with Crippen molar-refractivity contribution in [2.75, 3.05) is 37.7 Å². The van der Waals surface area contributed by atoms with Crippen LogP contribution in [-0.2, 0) is 16.0 Å². The minimum atomic E-state index is -0.770. The molecule has 0 saturated carbocycles. The fourth-order valence-corrected chi connectivity index (χ4v) is 5.61.